The monoisotopic (exact) mass is 341 g/mol. The molecule has 0 aliphatic carbocycles. The Morgan fingerprint density at radius 3 is 2.24 bits per heavy atom. The lowest BCUT2D eigenvalue weighted by molar-refractivity contribution is -0.384. The Balaban J connectivity index is 2.43. The van der Waals surface area contributed by atoms with Crippen LogP contribution in [0.1, 0.15) is 15.9 Å². The van der Waals surface area contributed by atoms with Gasteiger partial charge in [-0.15, -0.1) is 0 Å². The van der Waals surface area contributed by atoms with E-state index in [-0.39, 0.29) is 22.6 Å². The van der Waals surface area contributed by atoms with Crippen LogP contribution in [0, 0.1) is 10.1 Å². The highest BCUT2D eigenvalue weighted by Crippen LogP contribution is 2.19. The summed E-state index contributed by atoms with van der Waals surface area (Å²) in [7, 11) is 0. The predicted molar refractivity (Wildman–Crippen MR) is 90.4 cm³/mol. The van der Waals surface area contributed by atoms with E-state index in [1.165, 1.54) is 24.3 Å². The molecule has 2 rings (SSSR count). The Kier molecular flexibility index (Phi) is 5.43. The van der Waals surface area contributed by atoms with E-state index in [4.69, 9.17) is 11.6 Å². The molecule has 0 fully saturated rings. The third-order valence-corrected chi connectivity index (χ3v) is 3.27. The van der Waals surface area contributed by atoms with Crippen LogP contribution in [0.4, 0.5) is 5.69 Å². The minimum absolute atomic E-state index is 0.157. The second-order valence-electron chi connectivity index (χ2n) is 4.89. The molecule has 25 heavy (non-hydrogen) atoms. The molecule has 0 bridgehead atoms. The SMILES string of the molecule is NNC(=O)/C(NC(=O)c1ccccc1)=C(/N)c1cccc([N+](=O)[O-])c1. The first-order valence-corrected chi connectivity index (χ1v) is 7.06. The maximum Gasteiger partial charge on any atom is 0.283 e. The van der Waals surface area contributed by atoms with Gasteiger partial charge in [-0.1, -0.05) is 30.3 Å². The fourth-order valence-electron chi connectivity index (χ4n) is 2.03. The Labute approximate surface area is 142 Å². The highest BCUT2D eigenvalue weighted by Gasteiger charge is 2.19. The summed E-state index contributed by atoms with van der Waals surface area (Å²) < 4.78 is 0. The van der Waals surface area contributed by atoms with E-state index >= 15 is 0 Å². The van der Waals surface area contributed by atoms with Crippen LogP contribution in [0.3, 0.4) is 0 Å². The number of hydrogen-bond donors (Lipinski definition) is 4. The first-order valence-electron chi connectivity index (χ1n) is 7.06. The summed E-state index contributed by atoms with van der Waals surface area (Å²) in [4.78, 5) is 34.5. The maximum absolute atomic E-state index is 12.3. The van der Waals surface area contributed by atoms with Crippen molar-refractivity contribution in [1.29, 1.82) is 0 Å². The van der Waals surface area contributed by atoms with Crippen LogP contribution in [-0.4, -0.2) is 16.7 Å². The highest BCUT2D eigenvalue weighted by molar-refractivity contribution is 6.06. The molecule has 0 atom stereocenters. The predicted octanol–water partition coefficient (Wildman–Crippen LogP) is 0.642. The number of benzene rings is 2. The molecule has 2 aromatic rings. The minimum atomic E-state index is -0.840. The molecule has 0 aromatic heterocycles. The van der Waals surface area contributed by atoms with Gasteiger partial charge in [-0.3, -0.25) is 25.1 Å². The molecule has 0 saturated carbocycles. The molecule has 9 heteroatoms. The van der Waals surface area contributed by atoms with Crippen LogP contribution < -0.4 is 22.3 Å². The van der Waals surface area contributed by atoms with Gasteiger partial charge in [-0.05, 0) is 12.1 Å². The molecule has 0 radical (unpaired) electrons. The van der Waals surface area contributed by atoms with Gasteiger partial charge in [-0.25, -0.2) is 5.84 Å². The van der Waals surface area contributed by atoms with Gasteiger partial charge in [-0.2, -0.15) is 0 Å². The number of amides is 2. The zero-order valence-electron chi connectivity index (χ0n) is 12.9. The summed E-state index contributed by atoms with van der Waals surface area (Å²) in [5.41, 5.74) is 7.65. The van der Waals surface area contributed by atoms with E-state index in [1.807, 2.05) is 5.43 Å². The van der Waals surface area contributed by atoms with Gasteiger partial charge in [0.15, 0.2) is 0 Å². The van der Waals surface area contributed by atoms with Crippen LogP contribution in [-0.2, 0) is 4.79 Å². The van der Waals surface area contributed by atoms with Crippen LogP contribution in [0.2, 0.25) is 0 Å². The van der Waals surface area contributed by atoms with Gasteiger partial charge in [0.2, 0.25) is 0 Å². The Hall–Kier alpha value is -3.72. The number of carbonyl (C=O) groups excluding carboxylic acids is 2. The van der Waals surface area contributed by atoms with Crippen molar-refractivity contribution in [1.82, 2.24) is 10.7 Å². The minimum Gasteiger partial charge on any atom is -0.396 e. The molecule has 6 N–H and O–H groups in total. The fourth-order valence-corrected chi connectivity index (χ4v) is 2.03. The zero-order chi connectivity index (χ0) is 18.4. The molecule has 0 saturated heterocycles. The van der Waals surface area contributed by atoms with Crippen LogP contribution in [0.5, 0.6) is 0 Å². The Bertz CT molecular complexity index is 849. The third kappa shape index (κ3) is 4.18. The molecular formula is C16H15N5O4. The molecule has 2 amide bonds. The number of carbonyl (C=O) groups is 2. The second kappa shape index (κ2) is 7.70. The lowest BCUT2D eigenvalue weighted by atomic mass is 10.1. The van der Waals surface area contributed by atoms with Gasteiger partial charge in [0.1, 0.15) is 5.70 Å². The number of nitro benzene ring substituents is 1. The molecule has 0 spiro atoms. The lowest BCUT2D eigenvalue weighted by Crippen LogP contribution is -2.40. The first-order chi connectivity index (χ1) is 11.9. The average Bonchev–Trinajstić information content (AvgIpc) is 2.65. The van der Waals surface area contributed by atoms with Crippen molar-refractivity contribution in [2.75, 3.05) is 0 Å². The number of nitrogens with one attached hydrogen (secondary N) is 2. The van der Waals surface area contributed by atoms with E-state index in [0.29, 0.717) is 5.56 Å². The van der Waals surface area contributed by atoms with Crippen molar-refractivity contribution in [2.24, 2.45) is 11.6 Å². The van der Waals surface area contributed by atoms with E-state index in [1.54, 1.807) is 30.3 Å². The largest absolute Gasteiger partial charge is 0.396 e. The van der Waals surface area contributed by atoms with Crippen molar-refractivity contribution < 1.29 is 14.5 Å². The number of hydrogen-bond acceptors (Lipinski definition) is 6. The fraction of sp³-hybridized carbons (Fsp3) is 0. The molecule has 128 valence electrons. The van der Waals surface area contributed by atoms with Gasteiger partial charge in [0.05, 0.1) is 10.6 Å². The quantitative estimate of drug-likeness (QED) is 0.206. The van der Waals surface area contributed by atoms with Crippen molar-refractivity contribution in [3.63, 3.8) is 0 Å². The topological polar surface area (TPSA) is 153 Å². The average molecular weight is 341 g/mol. The van der Waals surface area contributed by atoms with Crippen molar-refractivity contribution >= 4 is 23.2 Å². The second-order valence-corrected chi connectivity index (χ2v) is 4.89. The smallest absolute Gasteiger partial charge is 0.283 e. The summed E-state index contributed by atoms with van der Waals surface area (Å²) in [6.07, 6.45) is 0. The van der Waals surface area contributed by atoms with E-state index in [9.17, 15) is 19.7 Å². The number of nitrogens with zero attached hydrogens (tertiary/aromatic N) is 1. The molecule has 0 unspecified atom stereocenters. The third-order valence-electron chi connectivity index (χ3n) is 3.27. The molecule has 9 nitrogen and oxygen atoms in total. The summed E-state index contributed by atoms with van der Waals surface area (Å²) in [6, 6.07) is 13.5. The summed E-state index contributed by atoms with van der Waals surface area (Å²) >= 11 is 0. The van der Waals surface area contributed by atoms with Crippen LogP contribution in [0.25, 0.3) is 5.70 Å². The molecular weight excluding hydrogens is 326 g/mol. The van der Waals surface area contributed by atoms with E-state index in [2.05, 4.69) is 5.32 Å². The number of rotatable bonds is 5. The van der Waals surface area contributed by atoms with Crippen molar-refractivity contribution in [3.05, 3.63) is 81.5 Å². The number of nitro groups is 1. The maximum atomic E-state index is 12.3. The van der Waals surface area contributed by atoms with Gasteiger partial charge < -0.3 is 11.1 Å². The number of non-ortho nitro benzene ring substituents is 1. The highest BCUT2D eigenvalue weighted by atomic mass is 16.6. The van der Waals surface area contributed by atoms with Crippen molar-refractivity contribution in [2.45, 2.75) is 0 Å². The van der Waals surface area contributed by atoms with Crippen LogP contribution >= 0.6 is 0 Å². The first kappa shape index (κ1) is 17.6. The standard InChI is InChI=1S/C16H15N5O4/c17-13(11-7-4-8-12(9-11)21(24)25)14(16(23)20-18)19-15(22)10-5-2-1-3-6-10/h1-9H,17-18H2,(H,19,22)(H,20,23)/b14-13-. The van der Waals surface area contributed by atoms with E-state index in [0.717, 1.165) is 0 Å². The summed E-state index contributed by atoms with van der Waals surface area (Å²) in [5, 5.41) is 13.3. The summed E-state index contributed by atoms with van der Waals surface area (Å²) in [5.74, 6) is 3.72. The molecule has 0 aliphatic rings. The van der Waals surface area contributed by atoms with E-state index < -0.39 is 16.7 Å². The molecule has 0 heterocycles. The normalized spacial score (nSPS) is 11.2. The lowest BCUT2D eigenvalue weighted by Gasteiger charge is -2.12. The zero-order valence-corrected chi connectivity index (χ0v) is 12.9. The Morgan fingerprint density at radius 1 is 1.00 bits per heavy atom. The van der Waals surface area contributed by atoms with Crippen molar-refractivity contribution in [3.8, 4) is 0 Å². The number of hydrazine groups is 1. The van der Waals surface area contributed by atoms with Gasteiger partial charge in [0, 0.05) is 23.3 Å². The molecule has 2 aromatic carbocycles. The van der Waals surface area contributed by atoms with Crippen LogP contribution in [0.15, 0.2) is 60.3 Å². The molecule has 0 aliphatic heterocycles. The summed E-state index contributed by atoms with van der Waals surface area (Å²) in [6.45, 7) is 0. The Morgan fingerprint density at radius 2 is 1.64 bits per heavy atom. The van der Waals surface area contributed by atoms with Gasteiger partial charge >= 0.3 is 0 Å². The number of nitrogens with two attached hydrogens (primary N) is 2. The van der Waals surface area contributed by atoms with Gasteiger partial charge in [0.25, 0.3) is 17.5 Å².